The molecule has 0 aliphatic rings. The van der Waals surface area contributed by atoms with Gasteiger partial charge in [-0.1, -0.05) is 30.3 Å². The molecule has 25 heavy (non-hydrogen) atoms. The number of ether oxygens (including phenoxy) is 3. The maximum Gasteiger partial charge on any atom is 0.349 e. The van der Waals surface area contributed by atoms with Crippen molar-refractivity contribution >= 4 is 12.3 Å². The molecule has 0 amide bonds. The number of benzene rings is 2. The molecule has 0 unspecified atom stereocenters. The van der Waals surface area contributed by atoms with Gasteiger partial charge in [0.05, 0.1) is 12.2 Å². The van der Waals surface area contributed by atoms with Gasteiger partial charge >= 0.3 is 5.97 Å². The van der Waals surface area contributed by atoms with Gasteiger partial charge in [-0.2, -0.15) is 0 Å². The Bertz CT molecular complexity index is 722. The molecule has 0 atom stereocenters. The molecule has 0 saturated carbocycles. The van der Waals surface area contributed by atoms with Crippen LogP contribution in [0.15, 0.2) is 48.5 Å². The maximum absolute atomic E-state index is 11.9. The highest BCUT2D eigenvalue weighted by atomic mass is 16.6. The number of carbonyl (C=O) groups excluding carboxylic acids is 2. The van der Waals surface area contributed by atoms with Crippen molar-refractivity contribution in [3.63, 3.8) is 0 Å². The molecule has 0 radical (unpaired) electrons. The second-order valence-electron chi connectivity index (χ2n) is 5.92. The highest BCUT2D eigenvalue weighted by molar-refractivity contribution is 5.82. The summed E-state index contributed by atoms with van der Waals surface area (Å²) in [6, 6.07) is 14.6. The highest BCUT2D eigenvalue weighted by Gasteiger charge is 2.32. The predicted octanol–water partition coefficient (Wildman–Crippen LogP) is 3.80. The van der Waals surface area contributed by atoms with Gasteiger partial charge in [0.1, 0.15) is 18.1 Å². The minimum Gasteiger partial charge on any atom is -0.489 e. The average Bonchev–Trinajstić information content (AvgIpc) is 2.61. The van der Waals surface area contributed by atoms with Gasteiger partial charge in [-0.25, -0.2) is 4.79 Å². The molecule has 0 bridgehead atoms. The fraction of sp³-hybridized carbons (Fsp3) is 0.300. The molecular weight excluding hydrogens is 320 g/mol. The minimum absolute atomic E-state index is 0.262. The van der Waals surface area contributed by atoms with E-state index in [0.717, 1.165) is 5.56 Å². The smallest absolute Gasteiger partial charge is 0.349 e. The monoisotopic (exact) mass is 342 g/mol. The van der Waals surface area contributed by atoms with Crippen LogP contribution >= 0.6 is 0 Å². The highest BCUT2D eigenvalue weighted by Crippen LogP contribution is 2.27. The van der Waals surface area contributed by atoms with Crippen LogP contribution in [0.25, 0.3) is 0 Å². The number of carbonyl (C=O) groups is 2. The molecule has 2 rings (SSSR count). The Morgan fingerprint density at radius 3 is 2.48 bits per heavy atom. The van der Waals surface area contributed by atoms with Gasteiger partial charge in [0.15, 0.2) is 11.9 Å². The summed E-state index contributed by atoms with van der Waals surface area (Å²) in [4.78, 5) is 23.3. The molecule has 0 saturated heterocycles. The average molecular weight is 342 g/mol. The Hall–Kier alpha value is -2.82. The second-order valence-corrected chi connectivity index (χ2v) is 5.92. The zero-order chi connectivity index (χ0) is 18.3. The summed E-state index contributed by atoms with van der Waals surface area (Å²) in [7, 11) is 0. The quantitative estimate of drug-likeness (QED) is 0.539. The van der Waals surface area contributed by atoms with Crippen LogP contribution in [-0.2, 0) is 16.1 Å². The molecular formula is C20H22O5. The lowest BCUT2D eigenvalue weighted by molar-refractivity contribution is -0.158. The number of aldehydes is 1. The van der Waals surface area contributed by atoms with Crippen molar-refractivity contribution in [1.29, 1.82) is 0 Å². The summed E-state index contributed by atoms with van der Waals surface area (Å²) in [6.07, 6.45) is 0.673. The summed E-state index contributed by atoms with van der Waals surface area (Å²) in [5, 5.41) is 0. The van der Waals surface area contributed by atoms with Crippen molar-refractivity contribution in [2.75, 3.05) is 6.61 Å². The van der Waals surface area contributed by atoms with E-state index in [4.69, 9.17) is 14.2 Å². The third kappa shape index (κ3) is 5.08. The van der Waals surface area contributed by atoms with Gasteiger partial charge in [-0.3, -0.25) is 4.79 Å². The van der Waals surface area contributed by atoms with Crippen LogP contribution in [0, 0.1) is 0 Å². The topological polar surface area (TPSA) is 61.8 Å². The van der Waals surface area contributed by atoms with Crippen molar-refractivity contribution in [2.24, 2.45) is 0 Å². The molecule has 0 fully saturated rings. The van der Waals surface area contributed by atoms with Gasteiger partial charge < -0.3 is 14.2 Å². The summed E-state index contributed by atoms with van der Waals surface area (Å²) >= 11 is 0. The van der Waals surface area contributed by atoms with E-state index in [1.54, 1.807) is 39.0 Å². The van der Waals surface area contributed by atoms with Crippen LogP contribution in [0.3, 0.4) is 0 Å². The maximum atomic E-state index is 11.9. The number of rotatable bonds is 8. The number of esters is 1. The Balaban J connectivity index is 2.11. The Kier molecular flexibility index (Phi) is 6.17. The zero-order valence-electron chi connectivity index (χ0n) is 14.7. The zero-order valence-corrected chi connectivity index (χ0v) is 14.7. The molecule has 0 heterocycles. The third-order valence-electron chi connectivity index (χ3n) is 3.49. The normalized spacial score (nSPS) is 10.8. The van der Waals surface area contributed by atoms with Crippen LogP contribution < -0.4 is 9.47 Å². The van der Waals surface area contributed by atoms with E-state index in [-0.39, 0.29) is 6.61 Å². The first kappa shape index (κ1) is 18.5. The Morgan fingerprint density at radius 2 is 1.84 bits per heavy atom. The SMILES string of the molecule is CCOC(=O)C(C)(C)Oc1ccc(OCc2ccccc2)cc1C=O. The molecule has 5 heteroatoms. The number of hydrogen-bond acceptors (Lipinski definition) is 5. The van der Waals surface area contributed by atoms with E-state index in [9.17, 15) is 9.59 Å². The molecule has 0 aliphatic heterocycles. The van der Waals surface area contributed by atoms with Gasteiger partial charge in [-0.15, -0.1) is 0 Å². The van der Waals surface area contributed by atoms with Crippen molar-refractivity contribution in [3.05, 3.63) is 59.7 Å². The fourth-order valence-corrected chi connectivity index (χ4v) is 2.16. The minimum atomic E-state index is -1.19. The first-order chi connectivity index (χ1) is 12.0. The summed E-state index contributed by atoms with van der Waals surface area (Å²) in [5.41, 5.74) is 0.141. The second kappa shape index (κ2) is 8.33. The molecule has 0 N–H and O–H groups in total. The van der Waals surface area contributed by atoms with Crippen LogP contribution in [0.5, 0.6) is 11.5 Å². The fourth-order valence-electron chi connectivity index (χ4n) is 2.16. The summed E-state index contributed by atoms with van der Waals surface area (Å²) in [6.45, 7) is 5.58. The Morgan fingerprint density at radius 1 is 1.12 bits per heavy atom. The largest absolute Gasteiger partial charge is 0.489 e. The lowest BCUT2D eigenvalue weighted by Gasteiger charge is -2.25. The molecule has 0 aromatic heterocycles. The van der Waals surface area contributed by atoms with Crippen LogP contribution in [0.4, 0.5) is 0 Å². The van der Waals surface area contributed by atoms with Gasteiger partial charge in [0.2, 0.25) is 0 Å². The first-order valence-electron chi connectivity index (χ1n) is 8.08. The van der Waals surface area contributed by atoms with E-state index in [1.165, 1.54) is 0 Å². The van der Waals surface area contributed by atoms with E-state index in [2.05, 4.69) is 0 Å². The predicted molar refractivity (Wildman–Crippen MR) is 93.9 cm³/mol. The first-order valence-corrected chi connectivity index (χ1v) is 8.08. The summed E-state index contributed by atoms with van der Waals surface area (Å²) in [5.74, 6) is 0.364. The number of hydrogen-bond donors (Lipinski definition) is 0. The van der Waals surface area contributed by atoms with Crippen LogP contribution in [0.2, 0.25) is 0 Å². The molecule has 2 aromatic rings. The van der Waals surface area contributed by atoms with Crippen LogP contribution in [0.1, 0.15) is 36.7 Å². The van der Waals surface area contributed by atoms with Crippen LogP contribution in [-0.4, -0.2) is 24.5 Å². The molecule has 5 nitrogen and oxygen atoms in total. The van der Waals surface area contributed by atoms with Crippen molar-refractivity contribution in [3.8, 4) is 11.5 Å². The van der Waals surface area contributed by atoms with E-state index >= 15 is 0 Å². The molecule has 2 aromatic carbocycles. The van der Waals surface area contributed by atoms with E-state index in [1.807, 2.05) is 30.3 Å². The summed E-state index contributed by atoms with van der Waals surface area (Å²) < 4.78 is 16.4. The van der Waals surface area contributed by atoms with E-state index < -0.39 is 11.6 Å². The third-order valence-corrected chi connectivity index (χ3v) is 3.49. The lowest BCUT2D eigenvalue weighted by Crippen LogP contribution is -2.40. The molecule has 0 aliphatic carbocycles. The van der Waals surface area contributed by atoms with Gasteiger partial charge in [0.25, 0.3) is 0 Å². The van der Waals surface area contributed by atoms with Gasteiger partial charge in [-0.05, 0) is 44.5 Å². The molecule has 132 valence electrons. The molecule has 0 spiro atoms. The van der Waals surface area contributed by atoms with Gasteiger partial charge in [0, 0.05) is 0 Å². The van der Waals surface area contributed by atoms with Crippen molar-refractivity contribution in [1.82, 2.24) is 0 Å². The Labute approximate surface area is 147 Å². The lowest BCUT2D eigenvalue weighted by atomic mass is 10.1. The van der Waals surface area contributed by atoms with E-state index in [0.29, 0.717) is 30.0 Å². The standard InChI is InChI=1S/C20H22O5/c1-4-23-19(22)20(2,3)25-18-11-10-17(12-16(18)13-21)24-14-15-8-6-5-7-9-15/h5-13H,4,14H2,1-3H3. The van der Waals surface area contributed by atoms with Crippen molar-refractivity contribution < 1.29 is 23.8 Å². The van der Waals surface area contributed by atoms with Crippen molar-refractivity contribution in [2.45, 2.75) is 33.0 Å².